The Balaban J connectivity index is 1.62. The number of anilines is 1. The first kappa shape index (κ1) is 22.9. The van der Waals surface area contributed by atoms with Gasteiger partial charge in [0.25, 0.3) is 5.56 Å². The van der Waals surface area contributed by atoms with E-state index in [9.17, 15) is 14.4 Å². The lowest BCUT2D eigenvalue weighted by Gasteiger charge is -2.14. The van der Waals surface area contributed by atoms with E-state index in [0.717, 1.165) is 36.1 Å². The topological polar surface area (TPSA) is 73.1 Å². The lowest BCUT2D eigenvalue weighted by Crippen LogP contribution is -2.41. The number of nitrogens with zero attached hydrogens (tertiary/aromatic N) is 2. The number of hydrogen-bond acceptors (Lipinski definition) is 4. The van der Waals surface area contributed by atoms with Crippen LogP contribution < -0.4 is 16.6 Å². The Labute approximate surface area is 209 Å². The SMILES string of the molecule is O=C(Cn1c(=O)n(Cc2ccccc2Cl)c(=O)c2c3c(sc21)CCCC3)Nc1ccc(Cl)cc1. The minimum atomic E-state index is -0.526. The van der Waals surface area contributed by atoms with E-state index < -0.39 is 5.69 Å². The molecule has 0 spiro atoms. The predicted molar refractivity (Wildman–Crippen MR) is 138 cm³/mol. The van der Waals surface area contributed by atoms with Gasteiger partial charge in [-0.3, -0.25) is 18.7 Å². The summed E-state index contributed by atoms with van der Waals surface area (Å²) in [4.78, 5) is 41.7. The molecule has 2 aromatic carbocycles. The summed E-state index contributed by atoms with van der Waals surface area (Å²) in [5.74, 6) is -0.361. The maximum absolute atomic E-state index is 13.6. The number of carbonyl (C=O) groups is 1. The molecule has 1 N–H and O–H groups in total. The molecule has 0 atom stereocenters. The Morgan fingerprint density at radius 3 is 2.47 bits per heavy atom. The van der Waals surface area contributed by atoms with Gasteiger partial charge >= 0.3 is 5.69 Å². The number of thiophene rings is 1. The number of hydrogen-bond donors (Lipinski definition) is 1. The number of nitrogens with one attached hydrogen (secondary N) is 1. The molecule has 34 heavy (non-hydrogen) atoms. The van der Waals surface area contributed by atoms with Crippen LogP contribution in [0.15, 0.2) is 58.1 Å². The summed E-state index contributed by atoms with van der Waals surface area (Å²) in [5, 5.41) is 4.39. The second-order valence-corrected chi connectivity index (χ2v) is 10.2. The minimum Gasteiger partial charge on any atom is -0.325 e. The number of halogens is 2. The van der Waals surface area contributed by atoms with Crippen LogP contribution in [0, 0.1) is 0 Å². The van der Waals surface area contributed by atoms with Gasteiger partial charge in [0.1, 0.15) is 11.4 Å². The normalized spacial score (nSPS) is 13.1. The summed E-state index contributed by atoms with van der Waals surface area (Å²) in [6, 6.07) is 13.9. The van der Waals surface area contributed by atoms with Crippen LogP contribution in [0.5, 0.6) is 0 Å². The number of aromatic nitrogens is 2. The lowest BCUT2D eigenvalue weighted by molar-refractivity contribution is -0.116. The highest BCUT2D eigenvalue weighted by atomic mass is 35.5. The first-order valence-electron chi connectivity index (χ1n) is 11.0. The van der Waals surface area contributed by atoms with E-state index in [1.807, 2.05) is 6.07 Å². The average Bonchev–Trinajstić information content (AvgIpc) is 3.22. The van der Waals surface area contributed by atoms with Crippen LogP contribution >= 0.6 is 34.5 Å². The molecule has 1 amide bonds. The van der Waals surface area contributed by atoms with Gasteiger partial charge in [-0.25, -0.2) is 4.79 Å². The van der Waals surface area contributed by atoms with E-state index in [4.69, 9.17) is 23.2 Å². The van der Waals surface area contributed by atoms with Crippen LogP contribution in [0.3, 0.4) is 0 Å². The molecule has 174 valence electrons. The zero-order chi connectivity index (χ0) is 23.8. The fourth-order valence-corrected chi connectivity index (χ4v) is 6.06. The smallest absolute Gasteiger partial charge is 0.325 e. The molecule has 2 aromatic heterocycles. The zero-order valence-corrected chi connectivity index (χ0v) is 20.5. The molecule has 0 fully saturated rings. The van der Waals surface area contributed by atoms with E-state index in [2.05, 4.69) is 5.32 Å². The van der Waals surface area contributed by atoms with Crippen molar-refractivity contribution >= 4 is 56.3 Å². The van der Waals surface area contributed by atoms with Crippen molar-refractivity contribution in [1.82, 2.24) is 9.13 Å². The summed E-state index contributed by atoms with van der Waals surface area (Å²) in [6.45, 7) is -0.170. The fourth-order valence-electron chi connectivity index (χ4n) is 4.37. The molecule has 0 radical (unpaired) electrons. The van der Waals surface area contributed by atoms with Gasteiger partial charge in [-0.1, -0.05) is 41.4 Å². The van der Waals surface area contributed by atoms with Gasteiger partial charge in [0.05, 0.1) is 11.9 Å². The largest absolute Gasteiger partial charge is 0.332 e. The molecular weight excluding hydrogens is 493 g/mol. The van der Waals surface area contributed by atoms with Crippen LogP contribution in [-0.2, 0) is 30.7 Å². The van der Waals surface area contributed by atoms with Crippen molar-refractivity contribution in [2.45, 2.75) is 38.8 Å². The van der Waals surface area contributed by atoms with Crippen LogP contribution in [0.2, 0.25) is 10.0 Å². The molecule has 6 nitrogen and oxygen atoms in total. The van der Waals surface area contributed by atoms with E-state index in [1.54, 1.807) is 42.5 Å². The Bertz CT molecular complexity index is 1520. The van der Waals surface area contributed by atoms with E-state index in [1.165, 1.54) is 20.5 Å². The van der Waals surface area contributed by atoms with Gasteiger partial charge in [0, 0.05) is 20.6 Å². The molecule has 0 aliphatic heterocycles. The highest BCUT2D eigenvalue weighted by molar-refractivity contribution is 7.18. The second-order valence-electron chi connectivity index (χ2n) is 8.30. The monoisotopic (exact) mass is 513 g/mol. The third-order valence-electron chi connectivity index (χ3n) is 6.03. The first-order valence-corrected chi connectivity index (χ1v) is 12.6. The molecule has 4 aromatic rings. The molecule has 1 aliphatic rings. The zero-order valence-electron chi connectivity index (χ0n) is 18.1. The highest BCUT2D eigenvalue weighted by Crippen LogP contribution is 2.34. The molecule has 9 heteroatoms. The quantitative estimate of drug-likeness (QED) is 0.403. The standard InChI is InChI=1S/C25H21Cl2N3O3S/c26-16-9-11-17(12-10-16)28-21(31)14-30-24-22(18-6-2-4-8-20(18)34-24)23(32)29(25(30)33)13-15-5-1-3-7-19(15)27/h1,3,5,7,9-12H,2,4,6,8,13-14H2,(H,28,31). The van der Waals surface area contributed by atoms with Crippen molar-refractivity contribution in [1.29, 1.82) is 0 Å². The maximum Gasteiger partial charge on any atom is 0.332 e. The van der Waals surface area contributed by atoms with Crippen LogP contribution in [-0.4, -0.2) is 15.0 Å². The van der Waals surface area contributed by atoms with Crippen molar-refractivity contribution in [2.75, 3.05) is 5.32 Å². The first-order chi connectivity index (χ1) is 16.4. The number of fused-ring (bicyclic) bond motifs is 3. The Morgan fingerprint density at radius 2 is 1.71 bits per heavy atom. The van der Waals surface area contributed by atoms with Crippen molar-refractivity contribution in [3.63, 3.8) is 0 Å². The average molecular weight is 514 g/mol. The number of benzene rings is 2. The van der Waals surface area contributed by atoms with Crippen molar-refractivity contribution in [2.24, 2.45) is 0 Å². The summed E-state index contributed by atoms with van der Waals surface area (Å²) in [5.41, 5.74) is 1.41. The number of aryl methyl sites for hydroxylation is 2. The number of rotatable bonds is 5. The predicted octanol–water partition coefficient (Wildman–Crippen LogP) is 5.10. The maximum atomic E-state index is 13.6. The summed E-state index contributed by atoms with van der Waals surface area (Å²) >= 11 is 13.7. The van der Waals surface area contributed by atoms with E-state index in [-0.39, 0.29) is 24.6 Å². The number of amides is 1. The Kier molecular flexibility index (Phi) is 6.34. The summed E-state index contributed by atoms with van der Waals surface area (Å²) in [7, 11) is 0. The van der Waals surface area contributed by atoms with Gasteiger partial charge in [-0.15, -0.1) is 11.3 Å². The molecule has 0 bridgehead atoms. The Hall–Kier alpha value is -2.87. The minimum absolute atomic E-state index is 0.0384. The van der Waals surface area contributed by atoms with Crippen molar-refractivity contribution in [3.05, 3.63) is 95.4 Å². The molecular formula is C25H21Cl2N3O3S. The molecule has 0 saturated heterocycles. The van der Waals surface area contributed by atoms with Crippen LogP contribution in [0.1, 0.15) is 28.8 Å². The van der Waals surface area contributed by atoms with E-state index >= 15 is 0 Å². The van der Waals surface area contributed by atoms with Crippen molar-refractivity contribution < 1.29 is 4.79 Å². The summed E-state index contributed by atoms with van der Waals surface area (Å²) < 4.78 is 2.61. The van der Waals surface area contributed by atoms with Crippen LogP contribution in [0.4, 0.5) is 5.69 Å². The molecule has 1 aliphatic carbocycles. The number of carbonyl (C=O) groups excluding carboxylic acids is 1. The van der Waals surface area contributed by atoms with Gasteiger partial charge in [-0.05, 0) is 67.1 Å². The van der Waals surface area contributed by atoms with Gasteiger partial charge in [0.15, 0.2) is 0 Å². The third-order valence-corrected chi connectivity index (χ3v) is 7.97. The van der Waals surface area contributed by atoms with Gasteiger partial charge in [0.2, 0.25) is 5.91 Å². The van der Waals surface area contributed by atoms with Crippen LogP contribution in [0.25, 0.3) is 10.2 Å². The third kappa shape index (κ3) is 4.31. The lowest BCUT2D eigenvalue weighted by atomic mass is 9.97. The molecule has 0 unspecified atom stereocenters. The Morgan fingerprint density at radius 1 is 0.971 bits per heavy atom. The van der Waals surface area contributed by atoms with Gasteiger partial charge in [-0.2, -0.15) is 0 Å². The fraction of sp³-hybridized carbons (Fsp3) is 0.240. The second kappa shape index (κ2) is 9.41. The molecule has 5 rings (SSSR count). The van der Waals surface area contributed by atoms with Gasteiger partial charge < -0.3 is 5.32 Å². The van der Waals surface area contributed by atoms with E-state index in [0.29, 0.717) is 31.5 Å². The van der Waals surface area contributed by atoms with Crippen molar-refractivity contribution in [3.8, 4) is 0 Å². The summed E-state index contributed by atoms with van der Waals surface area (Å²) in [6.07, 6.45) is 3.73. The highest BCUT2D eigenvalue weighted by Gasteiger charge is 2.24. The molecule has 0 saturated carbocycles. The molecule has 2 heterocycles.